The predicted octanol–water partition coefficient (Wildman–Crippen LogP) is 2.46. The lowest BCUT2D eigenvalue weighted by Gasteiger charge is -2.32. The summed E-state index contributed by atoms with van der Waals surface area (Å²) in [5.74, 6) is -0.108. The zero-order valence-corrected chi connectivity index (χ0v) is 14.2. The van der Waals surface area contributed by atoms with Crippen LogP contribution in [0, 0.1) is 0 Å². The molecule has 1 fully saturated rings. The average Bonchev–Trinajstić information content (AvgIpc) is 3.17. The van der Waals surface area contributed by atoms with Crippen LogP contribution >= 0.6 is 0 Å². The third-order valence-electron chi connectivity index (χ3n) is 4.39. The van der Waals surface area contributed by atoms with Gasteiger partial charge < -0.3 is 19.4 Å². The molecular weight excluding hydrogens is 320 g/mol. The van der Waals surface area contributed by atoms with Crippen molar-refractivity contribution >= 4 is 11.8 Å². The van der Waals surface area contributed by atoms with Crippen molar-refractivity contribution in [3.63, 3.8) is 0 Å². The Kier molecular flexibility index (Phi) is 5.50. The number of methoxy groups -OCH3 is 1. The van der Waals surface area contributed by atoms with Gasteiger partial charge in [-0.3, -0.25) is 9.59 Å². The Hall–Kier alpha value is -2.60. The van der Waals surface area contributed by atoms with Crippen molar-refractivity contribution in [2.75, 3.05) is 20.2 Å². The van der Waals surface area contributed by atoms with E-state index in [1.165, 1.54) is 12.5 Å². The minimum absolute atomic E-state index is 0.0224. The molecule has 25 heavy (non-hydrogen) atoms. The molecule has 0 radical (unpaired) electrons. The molecule has 1 aliphatic rings. The van der Waals surface area contributed by atoms with Gasteiger partial charge in [0.15, 0.2) is 0 Å². The molecule has 0 bridgehead atoms. The number of ether oxygens (including phenoxy) is 1. The minimum atomic E-state index is -0.0856. The number of benzene rings is 1. The number of carbonyl (C=O) groups is 2. The maximum Gasteiger partial charge on any atom is 0.257 e. The largest absolute Gasteiger partial charge is 0.472 e. The van der Waals surface area contributed by atoms with E-state index < -0.39 is 0 Å². The summed E-state index contributed by atoms with van der Waals surface area (Å²) in [6.45, 7) is 1.73. The van der Waals surface area contributed by atoms with E-state index in [4.69, 9.17) is 9.15 Å². The number of piperidine rings is 1. The molecule has 6 heteroatoms. The highest BCUT2D eigenvalue weighted by atomic mass is 16.5. The van der Waals surface area contributed by atoms with Gasteiger partial charge in [-0.2, -0.15) is 0 Å². The summed E-state index contributed by atoms with van der Waals surface area (Å²) in [5, 5.41) is 3.06. The molecule has 0 unspecified atom stereocenters. The van der Waals surface area contributed by atoms with Crippen molar-refractivity contribution < 1.29 is 18.7 Å². The maximum atomic E-state index is 12.4. The number of nitrogens with one attached hydrogen (secondary N) is 1. The van der Waals surface area contributed by atoms with Crippen LogP contribution < -0.4 is 5.32 Å². The first-order valence-corrected chi connectivity index (χ1v) is 8.37. The number of furan rings is 1. The molecule has 0 saturated carbocycles. The summed E-state index contributed by atoms with van der Waals surface area (Å²) >= 11 is 0. The van der Waals surface area contributed by atoms with Crippen LogP contribution in [0.3, 0.4) is 0 Å². The molecule has 0 atom stereocenters. The van der Waals surface area contributed by atoms with Gasteiger partial charge in [0, 0.05) is 31.8 Å². The van der Waals surface area contributed by atoms with Crippen LogP contribution in [-0.2, 0) is 11.3 Å². The SMILES string of the molecule is COCc1cccc(C(=O)NC2CCN(C(=O)c3ccoc3)CC2)c1. The van der Waals surface area contributed by atoms with Crippen LogP contribution in [0.15, 0.2) is 47.3 Å². The molecule has 6 nitrogen and oxygen atoms in total. The van der Waals surface area contributed by atoms with Gasteiger partial charge in [-0.1, -0.05) is 12.1 Å². The van der Waals surface area contributed by atoms with E-state index in [1.807, 2.05) is 18.2 Å². The first kappa shape index (κ1) is 17.2. The minimum Gasteiger partial charge on any atom is -0.472 e. The summed E-state index contributed by atoms with van der Waals surface area (Å²) in [6.07, 6.45) is 4.45. The molecule has 1 aliphatic heterocycles. The molecule has 0 spiro atoms. The zero-order valence-electron chi connectivity index (χ0n) is 14.2. The second-order valence-electron chi connectivity index (χ2n) is 6.19. The van der Waals surface area contributed by atoms with Crippen LogP contribution in [0.5, 0.6) is 0 Å². The fourth-order valence-electron chi connectivity index (χ4n) is 3.03. The fraction of sp³-hybridized carbons (Fsp3) is 0.368. The quantitative estimate of drug-likeness (QED) is 0.906. The molecule has 132 valence electrons. The third-order valence-corrected chi connectivity index (χ3v) is 4.39. The molecule has 2 heterocycles. The number of amides is 2. The first-order chi connectivity index (χ1) is 12.2. The van der Waals surface area contributed by atoms with Gasteiger partial charge in [-0.15, -0.1) is 0 Å². The Balaban J connectivity index is 1.52. The van der Waals surface area contributed by atoms with E-state index in [2.05, 4.69) is 5.32 Å². The van der Waals surface area contributed by atoms with Gasteiger partial charge >= 0.3 is 0 Å². The van der Waals surface area contributed by atoms with Gasteiger partial charge in [-0.25, -0.2) is 0 Å². The lowest BCUT2D eigenvalue weighted by molar-refractivity contribution is 0.0697. The molecule has 3 rings (SSSR count). The second kappa shape index (κ2) is 7.98. The molecule has 1 aromatic heterocycles. The number of hydrogen-bond donors (Lipinski definition) is 1. The van der Waals surface area contributed by atoms with Crippen LogP contribution in [-0.4, -0.2) is 43.0 Å². The summed E-state index contributed by atoms with van der Waals surface area (Å²) in [4.78, 5) is 26.5. The highest BCUT2D eigenvalue weighted by molar-refractivity contribution is 5.95. The number of carbonyl (C=O) groups excluding carboxylic acids is 2. The number of likely N-dealkylation sites (tertiary alicyclic amines) is 1. The Morgan fingerprint density at radius 1 is 1.24 bits per heavy atom. The molecule has 2 amide bonds. The third kappa shape index (κ3) is 4.28. The Bertz CT molecular complexity index is 719. The van der Waals surface area contributed by atoms with E-state index in [0.29, 0.717) is 30.8 Å². The first-order valence-electron chi connectivity index (χ1n) is 8.37. The van der Waals surface area contributed by atoms with Crippen molar-refractivity contribution in [1.29, 1.82) is 0 Å². The van der Waals surface area contributed by atoms with Gasteiger partial charge in [-0.05, 0) is 36.6 Å². The van der Waals surface area contributed by atoms with Gasteiger partial charge in [0.2, 0.25) is 0 Å². The Morgan fingerprint density at radius 2 is 2.04 bits per heavy atom. The van der Waals surface area contributed by atoms with Crippen molar-refractivity contribution in [3.05, 3.63) is 59.5 Å². The number of hydrogen-bond acceptors (Lipinski definition) is 4. The molecular formula is C19H22N2O4. The Labute approximate surface area is 146 Å². The summed E-state index contributed by atoms with van der Waals surface area (Å²) < 4.78 is 10.1. The van der Waals surface area contributed by atoms with Gasteiger partial charge in [0.05, 0.1) is 18.4 Å². The second-order valence-corrected chi connectivity index (χ2v) is 6.19. The van der Waals surface area contributed by atoms with Crippen molar-refractivity contribution in [2.24, 2.45) is 0 Å². The standard InChI is InChI=1S/C19H22N2O4/c1-24-12-14-3-2-4-15(11-14)18(22)20-17-5-8-21(9-6-17)19(23)16-7-10-25-13-16/h2-4,7,10-11,13,17H,5-6,8-9,12H2,1H3,(H,20,22). The monoisotopic (exact) mass is 342 g/mol. The van der Waals surface area contributed by atoms with Gasteiger partial charge in [0.1, 0.15) is 6.26 Å². The van der Waals surface area contributed by atoms with Crippen LogP contribution in [0.2, 0.25) is 0 Å². The van der Waals surface area contributed by atoms with Crippen LogP contribution in [0.25, 0.3) is 0 Å². The zero-order chi connectivity index (χ0) is 17.6. The van der Waals surface area contributed by atoms with Crippen molar-refractivity contribution in [1.82, 2.24) is 10.2 Å². The van der Waals surface area contributed by atoms with Gasteiger partial charge in [0.25, 0.3) is 11.8 Å². The van der Waals surface area contributed by atoms with Crippen molar-refractivity contribution in [3.8, 4) is 0 Å². The number of nitrogens with zero attached hydrogens (tertiary/aromatic N) is 1. The summed E-state index contributed by atoms with van der Waals surface area (Å²) in [5.41, 5.74) is 2.17. The normalized spacial score (nSPS) is 15.2. The van der Waals surface area contributed by atoms with Crippen LogP contribution in [0.1, 0.15) is 39.1 Å². The lowest BCUT2D eigenvalue weighted by Crippen LogP contribution is -2.46. The molecule has 0 aliphatic carbocycles. The van der Waals surface area contributed by atoms with Crippen molar-refractivity contribution in [2.45, 2.75) is 25.5 Å². The van der Waals surface area contributed by atoms with E-state index in [1.54, 1.807) is 24.1 Å². The highest BCUT2D eigenvalue weighted by Gasteiger charge is 2.25. The highest BCUT2D eigenvalue weighted by Crippen LogP contribution is 2.15. The molecule has 1 saturated heterocycles. The molecule has 1 N–H and O–H groups in total. The smallest absolute Gasteiger partial charge is 0.257 e. The fourth-order valence-corrected chi connectivity index (χ4v) is 3.03. The summed E-state index contributed by atoms with van der Waals surface area (Å²) in [7, 11) is 1.63. The average molecular weight is 342 g/mol. The number of rotatable bonds is 5. The van der Waals surface area contributed by atoms with E-state index in [9.17, 15) is 9.59 Å². The molecule has 2 aromatic rings. The van der Waals surface area contributed by atoms with E-state index in [-0.39, 0.29) is 17.9 Å². The molecule has 1 aromatic carbocycles. The van der Waals surface area contributed by atoms with E-state index in [0.717, 1.165) is 18.4 Å². The maximum absolute atomic E-state index is 12.4. The predicted molar refractivity (Wildman–Crippen MR) is 92.3 cm³/mol. The summed E-state index contributed by atoms with van der Waals surface area (Å²) in [6, 6.07) is 9.17. The topological polar surface area (TPSA) is 71.8 Å². The van der Waals surface area contributed by atoms with Crippen LogP contribution in [0.4, 0.5) is 0 Å². The Morgan fingerprint density at radius 3 is 2.72 bits per heavy atom. The lowest BCUT2D eigenvalue weighted by atomic mass is 10.0. The van der Waals surface area contributed by atoms with E-state index >= 15 is 0 Å².